The van der Waals surface area contributed by atoms with Crippen LogP contribution in [0.4, 0.5) is 0 Å². The molecule has 1 aromatic rings. The number of benzene rings is 1. The molecule has 5 nitrogen and oxygen atoms in total. The molecule has 0 saturated heterocycles. The predicted molar refractivity (Wildman–Crippen MR) is 49.0 cm³/mol. The summed E-state index contributed by atoms with van der Waals surface area (Å²) in [4.78, 5) is 27.9. The van der Waals surface area contributed by atoms with Gasteiger partial charge in [-0.2, -0.15) is 0 Å². The molecule has 0 aliphatic heterocycles. The van der Waals surface area contributed by atoms with Gasteiger partial charge in [0.05, 0.1) is 0 Å². The Morgan fingerprint density at radius 2 is 1.86 bits per heavy atom. The molecule has 76 valence electrons. The summed E-state index contributed by atoms with van der Waals surface area (Å²) in [6.07, 6.45) is -0.901. The third-order valence-corrected chi connectivity index (χ3v) is 1.98. The van der Waals surface area contributed by atoms with Crippen LogP contribution in [0.3, 0.4) is 0 Å². The van der Waals surface area contributed by atoms with E-state index in [0.29, 0.717) is 0 Å². The number of carbonyl (C=O) groups excluding carboxylic acids is 1. The molecule has 2 N–H and O–H groups in total. The van der Waals surface area contributed by atoms with Crippen LogP contribution in [0.25, 0.3) is 0 Å². The number of rotatable bonds is 3. The Balaban J connectivity index is 2.55. The summed E-state index contributed by atoms with van der Waals surface area (Å²) >= 11 is 0. The molecule has 0 radical (unpaired) electrons. The maximum absolute atomic E-state index is 10.9. The molecule has 14 heavy (non-hydrogen) atoms. The van der Waals surface area contributed by atoms with Gasteiger partial charge in [0, 0.05) is 0 Å². The first kappa shape index (κ1) is 10.9. The van der Waals surface area contributed by atoms with Gasteiger partial charge >= 0.3 is 13.6 Å². The Morgan fingerprint density at radius 1 is 1.29 bits per heavy atom. The van der Waals surface area contributed by atoms with Gasteiger partial charge in [-0.05, 0) is 12.1 Å². The van der Waals surface area contributed by atoms with Crippen molar-refractivity contribution in [2.75, 3.05) is 6.16 Å². The molecule has 0 atom stereocenters. The molecule has 6 heteroatoms. The van der Waals surface area contributed by atoms with E-state index in [1.165, 1.54) is 12.1 Å². The molecule has 0 unspecified atom stereocenters. The summed E-state index contributed by atoms with van der Waals surface area (Å²) in [6.45, 7) is 0. The average molecular weight is 216 g/mol. The van der Waals surface area contributed by atoms with Crippen LogP contribution in [0.2, 0.25) is 0 Å². The quantitative estimate of drug-likeness (QED) is 0.443. The highest BCUT2D eigenvalue weighted by atomic mass is 31.2. The molecular formula is C8H9O5P. The Hall–Kier alpha value is -1.16. The third kappa shape index (κ3) is 4.18. The van der Waals surface area contributed by atoms with Gasteiger partial charge in [-0.15, -0.1) is 0 Å². The topological polar surface area (TPSA) is 83.8 Å². The summed E-state index contributed by atoms with van der Waals surface area (Å²) in [5.41, 5.74) is 0. The molecule has 0 spiro atoms. The minimum absolute atomic E-state index is 0.269. The Kier molecular flexibility index (Phi) is 3.41. The minimum atomic E-state index is -4.33. The minimum Gasteiger partial charge on any atom is -0.426 e. The van der Waals surface area contributed by atoms with Gasteiger partial charge in [-0.25, -0.2) is 0 Å². The lowest BCUT2D eigenvalue weighted by atomic mass is 10.3. The molecule has 0 fully saturated rings. The molecule has 0 heterocycles. The molecule has 0 bridgehead atoms. The van der Waals surface area contributed by atoms with Gasteiger partial charge in [0.2, 0.25) is 0 Å². The molecule has 1 aromatic carbocycles. The lowest BCUT2D eigenvalue weighted by molar-refractivity contribution is -0.131. The summed E-state index contributed by atoms with van der Waals surface area (Å²) in [6, 6.07) is 8.09. The second-order valence-electron chi connectivity index (χ2n) is 2.61. The second-order valence-corrected chi connectivity index (χ2v) is 4.26. The summed E-state index contributed by atoms with van der Waals surface area (Å²) < 4.78 is 15.1. The van der Waals surface area contributed by atoms with Crippen LogP contribution in [-0.2, 0) is 9.36 Å². The van der Waals surface area contributed by atoms with Crippen molar-refractivity contribution in [1.82, 2.24) is 0 Å². The van der Waals surface area contributed by atoms with Crippen molar-refractivity contribution >= 4 is 13.6 Å². The smallest absolute Gasteiger partial charge is 0.336 e. The number of hydrogen-bond acceptors (Lipinski definition) is 3. The Labute approximate surface area is 80.5 Å². The van der Waals surface area contributed by atoms with E-state index in [2.05, 4.69) is 4.74 Å². The molecular weight excluding hydrogens is 207 g/mol. The lowest BCUT2D eigenvalue weighted by Gasteiger charge is -2.04. The largest absolute Gasteiger partial charge is 0.426 e. The van der Waals surface area contributed by atoms with E-state index < -0.39 is 19.7 Å². The zero-order valence-corrected chi connectivity index (χ0v) is 8.05. The standard InChI is InChI=1S/C8H9O5P/c9-8(6-14(10,11)12)13-7-4-2-1-3-5-7/h1-5H,6H2,(H2,10,11,12). The number of esters is 1. The molecule has 0 amide bonds. The van der Waals surface area contributed by atoms with Crippen LogP contribution in [0.5, 0.6) is 5.75 Å². The lowest BCUT2D eigenvalue weighted by Crippen LogP contribution is -2.12. The van der Waals surface area contributed by atoms with E-state index >= 15 is 0 Å². The van der Waals surface area contributed by atoms with Crippen molar-refractivity contribution in [3.05, 3.63) is 30.3 Å². The van der Waals surface area contributed by atoms with Gasteiger partial charge in [0.15, 0.2) is 0 Å². The summed E-state index contributed by atoms with van der Waals surface area (Å²) in [5, 5.41) is 0. The number of hydrogen-bond donors (Lipinski definition) is 2. The highest BCUT2D eigenvalue weighted by Crippen LogP contribution is 2.33. The van der Waals surface area contributed by atoms with Crippen molar-refractivity contribution in [3.63, 3.8) is 0 Å². The van der Waals surface area contributed by atoms with Crippen LogP contribution in [0, 0.1) is 0 Å². The van der Waals surface area contributed by atoms with Crippen molar-refractivity contribution in [3.8, 4) is 5.75 Å². The van der Waals surface area contributed by atoms with Crippen LogP contribution >= 0.6 is 7.60 Å². The van der Waals surface area contributed by atoms with E-state index in [0.717, 1.165) is 0 Å². The number of carbonyl (C=O) groups is 1. The maximum Gasteiger partial charge on any atom is 0.336 e. The summed E-state index contributed by atoms with van der Waals surface area (Å²) in [7, 11) is -4.33. The first-order valence-corrected chi connectivity index (χ1v) is 5.57. The molecule has 0 aromatic heterocycles. The summed E-state index contributed by atoms with van der Waals surface area (Å²) in [5.74, 6) is -0.671. The van der Waals surface area contributed by atoms with Crippen LogP contribution < -0.4 is 4.74 Å². The monoisotopic (exact) mass is 216 g/mol. The highest BCUT2D eigenvalue weighted by Gasteiger charge is 2.20. The predicted octanol–water partition coefficient (Wildman–Crippen LogP) is 0.770. The zero-order valence-electron chi connectivity index (χ0n) is 7.16. The van der Waals surface area contributed by atoms with E-state index in [-0.39, 0.29) is 5.75 Å². The molecule has 0 saturated carbocycles. The van der Waals surface area contributed by atoms with E-state index in [1.54, 1.807) is 18.2 Å². The Bertz CT molecular complexity index is 355. The van der Waals surface area contributed by atoms with E-state index in [9.17, 15) is 9.36 Å². The maximum atomic E-state index is 10.9. The molecule has 0 aliphatic rings. The Morgan fingerprint density at radius 3 is 2.36 bits per heavy atom. The first-order chi connectivity index (χ1) is 6.47. The zero-order chi connectivity index (χ0) is 10.6. The van der Waals surface area contributed by atoms with E-state index in [4.69, 9.17) is 9.79 Å². The number of para-hydroxylation sites is 1. The van der Waals surface area contributed by atoms with Crippen molar-refractivity contribution < 1.29 is 23.9 Å². The van der Waals surface area contributed by atoms with Gasteiger partial charge in [-0.1, -0.05) is 18.2 Å². The van der Waals surface area contributed by atoms with Gasteiger partial charge in [0.25, 0.3) is 0 Å². The van der Waals surface area contributed by atoms with Crippen LogP contribution in [0.15, 0.2) is 30.3 Å². The normalized spacial score (nSPS) is 11.0. The molecule has 1 rings (SSSR count). The van der Waals surface area contributed by atoms with Crippen molar-refractivity contribution in [1.29, 1.82) is 0 Å². The van der Waals surface area contributed by atoms with Crippen LogP contribution in [-0.4, -0.2) is 21.9 Å². The van der Waals surface area contributed by atoms with Gasteiger partial charge in [0.1, 0.15) is 11.9 Å². The van der Waals surface area contributed by atoms with Crippen LogP contribution in [0.1, 0.15) is 0 Å². The van der Waals surface area contributed by atoms with Gasteiger partial charge < -0.3 is 14.5 Å². The van der Waals surface area contributed by atoms with Gasteiger partial charge in [-0.3, -0.25) is 9.36 Å². The molecule has 0 aliphatic carbocycles. The highest BCUT2D eigenvalue weighted by molar-refractivity contribution is 7.52. The first-order valence-electron chi connectivity index (χ1n) is 3.78. The van der Waals surface area contributed by atoms with Crippen molar-refractivity contribution in [2.45, 2.75) is 0 Å². The fourth-order valence-corrected chi connectivity index (χ4v) is 1.22. The fourth-order valence-electron chi connectivity index (χ4n) is 0.820. The van der Waals surface area contributed by atoms with Crippen molar-refractivity contribution in [2.24, 2.45) is 0 Å². The SMILES string of the molecule is O=C(CP(=O)(O)O)Oc1ccccc1. The second kappa shape index (κ2) is 4.37. The average Bonchev–Trinajstić information content (AvgIpc) is 2.02. The number of ether oxygens (including phenoxy) is 1. The third-order valence-electron chi connectivity index (χ3n) is 1.31. The van der Waals surface area contributed by atoms with E-state index in [1.807, 2.05) is 0 Å². The fraction of sp³-hybridized carbons (Fsp3) is 0.125.